The van der Waals surface area contributed by atoms with Gasteiger partial charge < -0.3 is 4.90 Å². The Morgan fingerprint density at radius 3 is 2.76 bits per heavy atom. The van der Waals surface area contributed by atoms with E-state index in [2.05, 4.69) is 0 Å². The van der Waals surface area contributed by atoms with Gasteiger partial charge in [-0.1, -0.05) is 6.07 Å². The first-order valence-electron chi connectivity index (χ1n) is 5.64. The van der Waals surface area contributed by atoms with Gasteiger partial charge in [0, 0.05) is 24.0 Å². The number of piperidine rings is 1. The maximum Gasteiger partial charge on any atom is 0.253 e. The smallest absolute Gasteiger partial charge is 0.253 e. The summed E-state index contributed by atoms with van der Waals surface area (Å²) in [6.07, 6.45) is 1.68. The largest absolute Gasteiger partial charge is 0.339 e. The van der Waals surface area contributed by atoms with Gasteiger partial charge in [-0.2, -0.15) is 5.26 Å². The summed E-state index contributed by atoms with van der Waals surface area (Å²) >= 11 is 6.00. The van der Waals surface area contributed by atoms with Crippen LogP contribution in [0.5, 0.6) is 0 Å². The zero-order valence-electron chi connectivity index (χ0n) is 9.40. The summed E-state index contributed by atoms with van der Waals surface area (Å²) in [5.74, 6) is -0.00864. The molecule has 1 aromatic rings. The lowest BCUT2D eigenvalue weighted by Gasteiger charge is -2.29. The van der Waals surface area contributed by atoms with Crippen LogP contribution in [0.15, 0.2) is 24.3 Å². The van der Waals surface area contributed by atoms with Crippen molar-refractivity contribution in [1.29, 1.82) is 5.26 Å². The molecule has 17 heavy (non-hydrogen) atoms. The predicted molar refractivity (Wildman–Crippen MR) is 65.9 cm³/mol. The highest BCUT2D eigenvalue weighted by atomic mass is 35.5. The summed E-state index contributed by atoms with van der Waals surface area (Å²) in [6, 6.07) is 8.85. The van der Waals surface area contributed by atoms with Gasteiger partial charge >= 0.3 is 0 Å². The molecule has 1 heterocycles. The van der Waals surface area contributed by atoms with Crippen molar-refractivity contribution in [2.24, 2.45) is 0 Å². The Hall–Kier alpha value is -1.53. The number of amides is 1. The molecule has 0 saturated carbocycles. The normalized spacial score (nSPS) is 16.6. The van der Waals surface area contributed by atoms with Gasteiger partial charge in [-0.25, -0.2) is 0 Å². The molecular weight excluding hydrogens is 236 g/mol. The Balaban J connectivity index is 2.11. The van der Waals surface area contributed by atoms with E-state index in [1.165, 1.54) is 0 Å². The van der Waals surface area contributed by atoms with E-state index in [9.17, 15) is 4.79 Å². The zero-order valence-corrected chi connectivity index (χ0v) is 10.2. The van der Waals surface area contributed by atoms with Crippen LogP contribution < -0.4 is 0 Å². The maximum absolute atomic E-state index is 12.1. The molecule has 1 amide bonds. The highest BCUT2D eigenvalue weighted by Crippen LogP contribution is 2.18. The Morgan fingerprint density at radius 1 is 1.41 bits per heavy atom. The van der Waals surface area contributed by atoms with Crippen molar-refractivity contribution in [2.45, 2.75) is 18.2 Å². The molecule has 2 rings (SSSR count). The van der Waals surface area contributed by atoms with Crippen LogP contribution >= 0.6 is 11.6 Å². The van der Waals surface area contributed by atoms with Crippen LogP contribution in [0.1, 0.15) is 28.8 Å². The standard InChI is InChI=1S/C13H13ClN2O/c14-12-4-6-16(7-5-12)13(17)11-3-1-2-10(8-11)9-15/h1-3,8,12H,4-7H2. The summed E-state index contributed by atoms with van der Waals surface area (Å²) < 4.78 is 0. The van der Waals surface area contributed by atoms with E-state index >= 15 is 0 Å². The number of rotatable bonds is 1. The van der Waals surface area contributed by atoms with E-state index in [4.69, 9.17) is 16.9 Å². The Morgan fingerprint density at radius 2 is 2.12 bits per heavy atom. The van der Waals surface area contributed by atoms with Crippen LogP contribution in [0.25, 0.3) is 0 Å². The molecule has 1 aliphatic rings. The lowest BCUT2D eigenvalue weighted by Crippen LogP contribution is -2.38. The summed E-state index contributed by atoms with van der Waals surface area (Å²) in [5, 5.41) is 8.98. The molecule has 1 aliphatic heterocycles. The SMILES string of the molecule is N#Cc1cccc(C(=O)N2CCC(Cl)CC2)c1. The maximum atomic E-state index is 12.1. The van der Waals surface area contributed by atoms with Gasteiger partial charge in [-0.3, -0.25) is 4.79 Å². The van der Waals surface area contributed by atoms with E-state index < -0.39 is 0 Å². The molecule has 88 valence electrons. The molecule has 0 spiro atoms. The van der Waals surface area contributed by atoms with E-state index in [-0.39, 0.29) is 11.3 Å². The third kappa shape index (κ3) is 2.78. The molecule has 0 atom stereocenters. The van der Waals surface area contributed by atoms with Gasteiger partial charge in [0.25, 0.3) is 5.91 Å². The van der Waals surface area contributed by atoms with E-state index in [0.717, 1.165) is 12.8 Å². The molecule has 0 radical (unpaired) electrons. The van der Waals surface area contributed by atoms with E-state index in [1.807, 2.05) is 6.07 Å². The van der Waals surface area contributed by atoms with Crippen LogP contribution in [0.2, 0.25) is 0 Å². The number of alkyl halides is 1. The number of hydrogen-bond donors (Lipinski definition) is 0. The van der Waals surface area contributed by atoms with Crippen molar-refractivity contribution in [2.75, 3.05) is 13.1 Å². The topological polar surface area (TPSA) is 44.1 Å². The molecule has 0 aromatic heterocycles. The summed E-state index contributed by atoms with van der Waals surface area (Å²) in [6.45, 7) is 1.40. The molecule has 4 heteroatoms. The van der Waals surface area contributed by atoms with Gasteiger partial charge in [0.2, 0.25) is 0 Å². The second kappa shape index (κ2) is 5.20. The van der Waals surface area contributed by atoms with Crippen LogP contribution in [0.3, 0.4) is 0 Å². The average molecular weight is 249 g/mol. The van der Waals surface area contributed by atoms with Crippen molar-refractivity contribution >= 4 is 17.5 Å². The highest BCUT2D eigenvalue weighted by Gasteiger charge is 2.22. The average Bonchev–Trinajstić information content (AvgIpc) is 2.39. The second-order valence-corrected chi connectivity index (χ2v) is 4.78. The zero-order chi connectivity index (χ0) is 12.3. The first kappa shape index (κ1) is 11.9. The number of benzene rings is 1. The van der Waals surface area contributed by atoms with Gasteiger partial charge in [-0.15, -0.1) is 11.6 Å². The lowest BCUT2D eigenvalue weighted by atomic mass is 10.1. The minimum atomic E-state index is -0.00864. The molecule has 1 aromatic carbocycles. The first-order chi connectivity index (χ1) is 8.20. The Kier molecular flexibility index (Phi) is 3.65. The van der Waals surface area contributed by atoms with Gasteiger partial charge in [0.1, 0.15) is 0 Å². The molecule has 3 nitrogen and oxygen atoms in total. The number of carbonyl (C=O) groups excluding carboxylic acids is 1. The highest BCUT2D eigenvalue weighted by molar-refractivity contribution is 6.20. The third-order valence-electron chi connectivity index (χ3n) is 2.95. The number of halogens is 1. The monoisotopic (exact) mass is 248 g/mol. The first-order valence-corrected chi connectivity index (χ1v) is 6.08. The molecule has 1 fully saturated rings. The number of nitriles is 1. The number of likely N-dealkylation sites (tertiary alicyclic amines) is 1. The molecular formula is C13H13ClN2O. The Labute approximate surface area is 106 Å². The second-order valence-electron chi connectivity index (χ2n) is 4.16. The molecule has 0 unspecified atom stereocenters. The molecule has 0 aliphatic carbocycles. The fourth-order valence-corrected chi connectivity index (χ4v) is 2.15. The lowest BCUT2D eigenvalue weighted by molar-refractivity contribution is 0.0726. The summed E-state index contributed by atoms with van der Waals surface area (Å²) in [7, 11) is 0. The fourth-order valence-electron chi connectivity index (χ4n) is 1.96. The van der Waals surface area contributed by atoms with Crippen molar-refractivity contribution in [3.63, 3.8) is 0 Å². The van der Waals surface area contributed by atoms with Gasteiger partial charge in [0.15, 0.2) is 0 Å². The van der Waals surface area contributed by atoms with Crippen LogP contribution in [0, 0.1) is 11.3 Å². The van der Waals surface area contributed by atoms with Gasteiger partial charge in [-0.05, 0) is 31.0 Å². The number of carbonyl (C=O) groups is 1. The van der Waals surface area contributed by atoms with Crippen molar-refractivity contribution in [3.05, 3.63) is 35.4 Å². The minimum absolute atomic E-state index is 0.00864. The quantitative estimate of drug-likeness (QED) is 0.717. The fraction of sp³-hybridized carbons (Fsp3) is 0.385. The molecule has 1 saturated heterocycles. The predicted octanol–water partition coefficient (Wildman–Crippen LogP) is 2.40. The van der Waals surface area contributed by atoms with Crippen LogP contribution in [-0.4, -0.2) is 29.3 Å². The minimum Gasteiger partial charge on any atom is -0.339 e. The van der Waals surface area contributed by atoms with Crippen molar-refractivity contribution in [1.82, 2.24) is 4.90 Å². The Bertz CT molecular complexity index is 459. The molecule has 0 N–H and O–H groups in total. The summed E-state index contributed by atoms with van der Waals surface area (Å²) in [4.78, 5) is 13.9. The van der Waals surface area contributed by atoms with Crippen LogP contribution in [-0.2, 0) is 0 Å². The summed E-state index contributed by atoms with van der Waals surface area (Å²) in [5.41, 5.74) is 1.10. The van der Waals surface area contributed by atoms with Crippen molar-refractivity contribution < 1.29 is 4.79 Å². The van der Waals surface area contributed by atoms with Crippen LogP contribution in [0.4, 0.5) is 0 Å². The van der Waals surface area contributed by atoms with Gasteiger partial charge in [0.05, 0.1) is 11.6 Å². The number of hydrogen-bond acceptors (Lipinski definition) is 2. The van der Waals surface area contributed by atoms with Crippen molar-refractivity contribution in [3.8, 4) is 6.07 Å². The molecule has 0 bridgehead atoms. The van der Waals surface area contributed by atoms with E-state index in [1.54, 1.807) is 29.2 Å². The van der Waals surface area contributed by atoms with E-state index in [0.29, 0.717) is 24.2 Å². The third-order valence-corrected chi connectivity index (χ3v) is 3.39. The number of nitrogens with zero attached hydrogens (tertiary/aromatic N) is 2.